The van der Waals surface area contributed by atoms with Gasteiger partial charge in [-0.25, -0.2) is 4.39 Å². The van der Waals surface area contributed by atoms with Gasteiger partial charge in [0.2, 0.25) is 0 Å². The topological polar surface area (TPSA) is 42.4 Å². The van der Waals surface area contributed by atoms with Crippen LogP contribution in [0.1, 0.15) is 45.8 Å². The molecule has 1 fully saturated rings. The summed E-state index contributed by atoms with van der Waals surface area (Å²) in [6.45, 7) is 7.93. The highest BCUT2D eigenvalue weighted by atomic mass is 19.1. The van der Waals surface area contributed by atoms with Crippen molar-refractivity contribution in [1.29, 1.82) is 0 Å². The summed E-state index contributed by atoms with van der Waals surface area (Å²) < 4.78 is 19.1. The van der Waals surface area contributed by atoms with Gasteiger partial charge in [-0.2, -0.15) is 0 Å². The van der Waals surface area contributed by atoms with Crippen LogP contribution in [0.2, 0.25) is 0 Å². The lowest BCUT2D eigenvalue weighted by atomic mass is 9.81. The lowest BCUT2D eigenvalue weighted by Gasteiger charge is -2.30. The Morgan fingerprint density at radius 1 is 1.39 bits per heavy atom. The molecular weight excluding hydrogens is 233 g/mol. The van der Waals surface area contributed by atoms with E-state index in [1.165, 1.54) is 12.3 Å². The predicted octanol–water partition coefficient (Wildman–Crippen LogP) is 2.85. The van der Waals surface area contributed by atoms with E-state index in [1.54, 1.807) is 0 Å². The largest absolute Gasteiger partial charge is 0.388 e. The van der Waals surface area contributed by atoms with Gasteiger partial charge in [-0.1, -0.05) is 0 Å². The van der Waals surface area contributed by atoms with Crippen molar-refractivity contribution < 1.29 is 14.2 Å². The summed E-state index contributed by atoms with van der Waals surface area (Å²) in [7, 11) is 0. The maximum atomic E-state index is 13.2. The third-order valence-electron chi connectivity index (χ3n) is 3.59. The van der Waals surface area contributed by atoms with E-state index >= 15 is 0 Å². The summed E-state index contributed by atoms with van der Waals surface area (Å²) >= 11 is 0. The monoisotopic (exact) mass is 253 g/mol. The Bertz CT molecular complexity index is 445. The average Bonchev–Trinajstić information content (AvgIpc) is 2.45. The van der Waals surface area contributed by atoms with Crippen LogP contribution in [0.25, 0.3) is 0 Å². The summed E-state index contributed by atoms with van der Waals surface area (Å²) in [6.07, 6.45) is 2.62. The number of aliphatic hydroxyl groups excluding tert-OH is 1. The first-order valence-corrected chi connectivity index (χ1v) is 6.20. The molecule has 3 nitrogen and oxygen atoms in total. The minimum atomic E-state index is -0.759. The van der Waals surface area contributed by atoms with Crippen molar-refractivity contribution in [3.05, 3.63) is 29.8 Å². The minimum absolute atomic E-state index is 0.0731. The van der Waals surface area contributed by atoms with Crippen molar-refractivity contribution in [1.82, 2.24) is 4.98 Å². The highest BCUT2D eigenvalue weighted by Crippen LogP contribution is 2.47. The lowest BCUT2D eigenvalue weighted by Crippen LogP contribution is -2.32. The Labute approximate surface area is 107 Å². The summed E-state index contributed by atoms with van der Waals surface area (Å²) in [5, 5.41) is 10.4. The van der Waals surface area contributed by atoms with Gasteiger partial charge in [0, 0.05) is 17.7 Å². The highest BCUT2D eigenvalue weighted by molar-refractivity contribution is 5.16. The van der Waals surface area contributed by atoms with Crippen LogP contribution < -0.4 is 0 Å². The molecule has 1 N–H and O–H groups in total. The van der Waals surface area contributed by atoms with Crippen molar-refractivity contribution >= 4 is 0 Å². The second-order valence-electron chi connectivity index (χ2n) is 6.16. The van der Waals surface area contributed by atoms with Crippen LogP contribution in [0, 0.1) is 11.7 Å². The van der Waals surface area contributed by atoms with Gasteiger partial charge in [0.25, 0.3) is 0 Å². The Balaban J connectivity index is 2.26. The number of aliphatic hydroxyl groups is 1. The number of hydrogen-bond donors (Lipinski definition) is 1. The molecule has 1 saturated heterocycles. The SMILES string of the molecule is CC1(C)CC(C(O)c2cncc(F)c2)C(C)(C)O1. The number of halogens is 1. The summed E-state index contributed by atoms with van der Waals surface area (Å²) in [5.74, 6) is -0.501. The molecule has 2 unspecified atom stereocenters. The van der Waals surface area contributed by atoms with E-state index in [4.69, 9.17) is 4.74 Å². The summed E-state index contributed by atoms with van der Waals surface area (Å²) in [4.78, 5) is 3.78. The first-order valence-electron chi connectivity index (χ1n) is 6.20. The predicted molar refractivity (Wildman–Crippen MR) is 66.5 cm³/mol. The molecule has 100 valence electrons. The van der Waals surface area contributed by atoms with Crippen LogP contribution in [0.5, 0.6) is 0 Å². The van der Waals surface area contributed by atoms with Crippen molar-refractivity contribution in [3.8, 4) is 0 Å². The number of nitrogens with zero attached hydrogens (tertiary/aromatic N) is 1. The maximum Gasteiger partial charge on any atom is 0.141 e. The number of hydrogen-bond acceptors (Lipinski definition) is 3. The third kappa shape index (κ3) is 2.54. The fourth-order valence-electron chi connectivity index (χ4n) is 2.92. The van der Waals surface area contributed by atoms with Gasteiger partial charge in [-0.3, -0.25) is 4.98 Å². The molecule has 0 aliphatic carbocycles. The fraction of sp³-hybridized carbons (Fsp3) is 0.643. The van der Waals surface area contributed by atoms with E-state index in [0.29, 0.717) is 5.56 Å². The van der Waals surface area contributed by atoms with Gasteiger partial charge in [0.05, 0.1) is 23.5 Å². The maximum absolute atomic E-state index is 13.2. The van der Waals surface area contributed by atoms with Gasteiger partial charge in [-0.05, 0) is 40.2 Å². The van der Waals surface area contributed by atoms with Crippen molar-refractivity contribution in [2.24, 2.45) is 5.92 Å². The van der Waals surface area contributed by atoms with Gasteiger partial charge in [0.15, 0.2) is 0 Å². The Morgan fingerprint density at radius 3 is 2.56 bits per heavy atom. The van der Waals surface area contributed by atoms with E-state index in [0.717, 1.165) is 12.6 Å². The zero-order valence-electron chi connectivity index (χ0n) is 11.3. The minimum Gasteiger partial charge on any atom is -0.388 e. The standard InChI is InChI=1S/C14H20FNO2/c1-13(2)6-11(14(3,4)18-13)12(17)9-5-10(15)8-16-7-9/h5,7-8,11-12,17H,6H2,1-4H3. The molecule has 18 heavy (non-hydrogen) atoms. The molecule has 0 aromatic carbocycles. The normalized spacial score (nSPS) is 27.1. The highest BCUT2D eigenvalue weighted by Gasteiger charge is 2.49. The van der Waals surface area contributed by atoms with Crippen molar-refractivity contribution in [3.63, 3.8) is 0 Å². The second-order valence-corrected chi connectivity index (χ2v) is 6.16. The van der Waals surface area contributed by atoms with Crippen molar-refractivity contribution in [2.45, 2.75) is 51.4 Å². The Hall–Kier alpha value is -1.00. The number of pyridine rings is 1. The molecule has 2 heterocycles. The van der Waals surface area contributed by atoms with Crippen LogP contribution in [-0.4, -0.2) is 21.3 Å². The van der Waals surface area contributed by atoms with Crippen LogP contribution in [0.15, 0.2) is 18.5 Å². The van der Waals surface area contributed by atoms with E-state index in [2.05, 4.69) is 4.98 Å². The van der Waals surface area contributed by atoms with Crippen LogP contribution in [-0.2, 0) is 4.74 Å². The number of rotatable bonds is 2. The Kier molecular flexibility index (Phi) is 3.19. The third-order valence-corrected chi connectivity index (χ3v) is 3.59. The molecule has 1 aliphatic rings. The summed E-state index contributed by atoms with van der Waals surface area (Å²) in [5.41, 5.74) is -0.195. The molecule has 1 aromatic rings. The Morgan fingerprint density at radius 2 is 2.06 bits per heavy atom. The van der Waals surface area contributed by atoms with E-state index in [-0.39, 0.29) is 11.5 Å². The fourth-order valence-corrected chi connectivity index (χ4v) is 2.92. The van der Waals surface area contributed by atoms with Gasteiger partial charge in [-0.15, -0.1) is 0 Å². The number of aromatic nitrogens is 1. The average molecular weight is 253 g/mol. The smallest absolute Gasteiger partial charge is 0.141 e. The molecular formula is C14H20FNO2. The molecule has 0 amide bonds. The number of ether oxygens (including phenoxy) is 1. The molecule has 0 spiro atoms. The second kappa shape index (κ2) is 4.28. The lowest BCUT2D eigenvalue weighted by molar-refractivity contribution is -0.0880. The quantitative estimate of drug-likeness (QED) is 0.881. The molecule has 2 rings (SSSR count). The molecule has 2 atom stereocenters. The first-order chi connectivity index (χ1) is 8.21. The molecule has 1 aromatic heterocycles. The van der Waals surface area contributed by atoms with E-state index in [1.807, 2.05) is 27.7 Å². The van der Waals surface area contributed by atoms with Gasteiger partial charge in [0.1, 0.15) is 5.82 Å². The molecule has 0 saturated carbocycles. The van der Waals surface area contributed by atoms with Crippen molar-refractivity contribution in [2.75, 3.05) is 0 Å². The van der Waals surface area contributed by atoms with E-state index in [9.17, 15) is 9.50 Å². The van der Waals surface area contributed by atoms with Crippen LogP contribution in [0.3, 0.4) is 0 Å². The zero-order valence-corrected chi connectivity index (χ0v) is 11.3. The molecule has 0 radical (unpaired) electrons. The van der Waals surface area contributed by atoms with Crippen LogP contribution >= 0.6 is 0 Å². The molecule has 4 heteroatoms. The van der Waals surface area contributed by atoms with Gasteiger partial charge < -0.3 is 9.84 Å². The zero-order chi connectivity index (χ0) is 13.6. The van der Waals surface area contributed by atoms with E-state index < -0.39 is 17.5 Å². The van der Waals surface area contributed by atoms with Gasteiger partial charge >= 0.3 is 0 Å². The molecule has 0 bridgehead atoms. The first kappa shape index (κ1) is 13.4. The van der Waals surface area contributed by atoms with Crippen LogP contribution in [0.4, 0.5) is 4.39 Å². The molecule has 1 aliphatic heterocycles. The summed E-state index contributed by atoms with van der Waals surface area (Å²) in [6, 6.07) is 1.33.